The first-order valence-electron chi connectivity index (χ1n) is 8.58. The Kier molecular flexibility index (Phi) is 5.20. The lowest BCUT2D eigenvalue weighted by Crippen LogP contribution is -2.24. The molecule has 0 spiro atoms. The van der Waals surface area contributed by atoms with Gasteiger partial charge in [0.1, 0.15) is 23.0 Å². The van der Waals surface area contributed by atoms with Gasteiger partial charge >= 0.3 is 0 Å². The Morgan fingerprint density at radius 3 is 2.93 bits per heavy atom. The molecule has 1 aromatic carbocycles. The number of benzene rings is 1. The average Bonchev–Trinajstić information content (AvgIpc) is 3.39. The van der Waals surface area contributed by atoms with Crippen molar-refractivity contribution in [1.29, 1.82) is 0 Å². The van der Waals surface area contributed by atoms with Crippen molar-refractivity contribution in [2.24, 2.45) is 0 Å². The second-order valence-corrected chi connectivity index (χ2v) is 6.96. The van der Waals surface area contributed by atoms with E-state index in [1.165, 1.54) is 23.5 Å². The largest absolute Gasteiger partial charge is 0.352 e. The molecule has 3 aromatic heterocycles. The molecule has 0 radical (unpaired) electrons. The first-order valence-corrected chi connectivity index (χ1v) is 9.45. The van der Waals surface area contributed by atoms with Crippen LogP contribution >= 0.6 is 11.3 Å². The molecule has 0 atom stereocenters. The molecule has 0 saturated heterocycles. The van der Waals surface area contributed by atoms with Gasteiger partial charge in [0, 0.05) is 36.1 Å². The van der Waals surface area contributed by atoms with Gasteiger partial charge in [-0.25, -0.2) is 19.3 Å². The van der Waals surface area contributed by atoms with Crippen LogP contribution in [0.5, 0.6) is 0 Å². The molecule has 0 saturated carbocycles. The molecule has 0 fully saturated rings. The lowest BCUT2D eigenvalue weighted by atomic mass is 10.2. The number of nitrogens with zero attached hydrogens (tertiary/aromatic N) is 4. The normalized spacial score (nSPS) is 10.8. The van der Waals surface area contributed by atoms with Gasteiger partial charge < -0.3 is 5.32 Å². The zero-order valence-corrected chi connectivity index (χ0v) is 15.6. The highest BCUT2D eigenvalue weighted by Gasteiger charge is 2.10. The molecule has 0 aliphatic rings. The molecule has 8 heteroatoms. The molecule has 28 heavy (non-hydrogen) atoms. The molecule has 0 unspecified atom stereocenters. The number of aromatic nitrogens is 4. The van der Waals surface area contributed by atoms with Crippen molar-refractivity contribution in [2.45, 2.75) is 13.0 Å². The molecule has 1 amide bonds. The average molecular weight is 393 g/mol. The molecule has 1 N–H and O–H groups in total. The molecule has 0 aliphatic carbocycles. The van der Waals surface area contributed by atoms with Crippen LogP contribution in [0.1, 0.15) is 11.3 Å². The van der Waals surface area contributed by atoms with Crippen LogP contribution in [-0.2, 0) is 17.8 Å². The van der Waals surface area contributed by atoms with E-state index in [1.807, 2.05) is 23.7 Å². The van der Waals surface area contributed by atoms with Crippen molar-refractivity contribution < 1.29 is 9.18 Å². The maximum absolute atomic E-state index is 13.3. The fraction of sp³-hybridized carbons (Fsp3) is 0.100. The zero-order valence-electron chi connectivity index (χ0n) is 14.7. The fourth-order valence-corrected chi connectivity index (χ4v) is 3.46. The number of carbonyl (C=O) groups is 1. The monoisotopic (exact) mass is 393 g/mol. The summed E-state index contributed by atoms with van der Waals surface area (Å²) in [7, 11) is 0. The summed E-state index contributed by atoms with van der Waals surface area (Å²) in [4.78, 5) is 25.0. The Hall–Kier alpha value is -3.39. The van der Waals surface area contributed by atoms with E-state index < -0.39 is 0 Å². The summed E-state index contributed by atoms with van der Waals surface area (Å²) in [5.74, 6) is 0.328. The highest BCUT2D eigenvalue weighted by atomic mass is 32.1. The lowest BCUT2D eigenvalue weighted by molar-refractivity contribution is -0.120. The highest BCUT2D eigenvalue weighted by molar-refractivity contribution is 7.13. The van der Waals surface area contributed by atoms with Gasteiger partial charge in [-0.2, -0.15) is 0 Å². The van der Waals surface area contributed by atoms with Gasteiger partial charge in [-0.15, -0.1) is 11.3 Å². The van der Waals surface area contributed by atoms with Crippen LogP contribution in [0.2, 0.25) is 0 Å². The Labute approximate surface area is 164 Å². The van der Waals surface area contributed by atoms with Crippen molar-refractivity contribution in [2.75, 3.05) is 0 Å². The van der Waals surface area contributed by atoms with Crippen LogP contribution in [0.15, 0.2) is 66.7 Å². The minimum Gasteiger partial charge on any atom is -0.352 e. The van der Waals surface area contributed by atoms with Crippen LogP contribution in [0.3, 0.4) is 0 Å². The fourth-order valence-electron chi connectivity index (χ4n) is 2.64. The van der Waals surface area contributed by atoms with Crippen molar-refractivity contribution in [3.8, 4) is 16.4 Å². The van der Waals surface area contributed by atoms with E-state index in [0.717, 1.165) is 11.4 Å². The van der Waals surface area contributed by atoms with Crippen LogP contribution in [0, 0.1) is 5.82 Å². The molecular formula is C20H16FN5OS. The topological polar surface area (TPSA) is 72.7 Å². The van der Waals surface area contributed by atoms with E-state index >= 15 is 0 Å². The number of hydrogen-bond donors (Lipinski definition) is 1. The minimum absolute atomic E-state index is 0.130. The first-order chi connectivity index (χ1) is 13.7. The Morgan fingerprint density at radius 1 is 1.25 bits per heavy atom. The van der Waals surface area contributed by atoms with Gasteiger partial charge in [-0.1, -0.05) is 18.2 Å². The number of nitrogens with one attached hydrogen (secondary N) is 1. The van der Waals surface area contributed by atoms with Crippen molar-refractivity contribution in [3.05, 3.63) is 83.8 Å². The maximum atomic E-state index is 13.3. The summed E-state index contributed by atoms with van der Waals surface area (Å²) in [6.07, 6.45) is 7.08. The number of halogens is 1. The highest BCUT2D eigenvalue weighted by Crippen LogP contribution is 2.24. The number of rotatable bonds is 6. The summed E-state index contributed by atoms with van der Waals surface area (Å²) in [5, 5.41) is 5.38. The Bertz CT molecular complexity index is 1080. The Morgan fingerprint density at radius 2 is 2.18 bits per heavy atom. The predicted octanol–water partition coefficient (Wildman–Crippen LogP) is 3.39. The number of pyridine rings is 1. The maximum Gasteiger partial charge on any atom is 0.226 e. The third kappa shape index (κ3) is 4.29. The quantitative estimate of drug-likeness (QED) is 0.545. The summed E-state index contributed by atoms with van der Waals surface area (Å²) in [5.41, 5.74) is 2.27. The number of amides is 1. The SMILES string of the molecule is O=C(Cc1csc(-c2cccc(F)c2)n1)NCc1ccc(-n2ccnc2)nc1. The second kappa shape index (κ2) is 8.10. The van der Waals surface area contributed by atoms with Gasteiger partial charge in [-0.05, 0) is 23.8 Å². The van der Waals surface area contributed by atoms with Crippen molar-refractivity contribution in [1.82, 2.24) is 24.8 Å². The van der Waals surface area contributed by atoms with Gasteiger partial charge in [0.05, 0.1) is 12.1 Å². The molecule has 3 heterocycles. The van der Waals surface area contributed by atoms with Gasteiger partial charge in [0.2, 0.25) is 5.91 Å². The molecule has 4 aromatic rings. The summed E-state index contributed by atoms with van der Waals surface area (Å²) in [6.45, 7) is 0.386. The minimum atomic E-state index is -0.306. The lowest BCUT2D eigenvalue weighted by Gasteiger charge is -2.06. The predicted molar refractivity (Wildman–Crippen MR) is 104 cm³/mol. The Balaban J connectivity index is 1.32. The summed E-state index contributed by atoms with van der Waals surface area (Å²) >= 11 is 1.39. The molecule has 0 aliphatic heterocycles. The molecule has 6 nitrogen and oxygen atoms in total. The van der Waals surface area contributed by atoms with Crippen LogP contribution < -0.4 is 5.32 Å². The van der Waals surface area contributed by atoms with Crippen LogP contribution in [-0.4, -0.2) is 25.4 Å². The van der Waals surface area contributed by atoms with Crippen LogP contribution in [0.25, 0.3) is 16.4 Å². The van der Waals surface area contributed by atoms with E-state index in [-0.39, 0.29) is 18.1 Å². The van der Waals surface area contributed by atoms with Gasteiger partial charge in [-0.3, -0.25) is 9.36 Å². The first kappa shape index (κ1) is 18.0. The third-order valence-corrected chi connectivity index (χ3v) is 4.97. The number of imidazole rings is 1. The number of carbonyl (C=O) groups excluding carboxylic acids is 1. The van der Waals surface area contributed by atoms with E-state index in [9.17, 15) is 9.18 Å². The van der Waals surface area contributed by atoms with Crippen molar-refractivity contribution in [3.63, 3.8) is 0 Å². The number of thiazole rings is 1. The van der Waals surface area contributed by atoms with E-state index in [0.29, 0.717) is 22.8 Å². The molecule has 140 valence electrons. The third-order valence-electron chi connectivity index (χ3n) is 4.03. The standard InChI is InChI=1S/C20H16FN5OS/c21-16-3-1-2-15(8-16)20-25-17(12-28-20)9-19(27)24-11-14-4-5-18(23-10-14)26-7-6-22-13-26/h1-8,10,12-13H,9,11H2,(H,24,27). The van der Waals surface area contributed by atoms with E-state index in [1.54, 1.807) is 35.4 Å². The smallest absolute Gasteiger partial charge is 0.226 e. The summed E-state index contributed by atoms with van der Waals surface area (Å²) < 4.78 is 15.1. The second-order valence-electron chi connectivity index (χ2n) is 6.10. The van der Waals surface area contributed by atoms with Crippen LogP contribution in [0.4, 0.5) is 4.39 Å². The van der Waals surface area contributed by atoms with Gasteiger partial charge in [0.25, 0.3) is 0 Å². The van der Waals surface area contributed by atoms with E-state index in [2.05, 4.69) is 20.3 Å². The van der Waals surface area contributed by atoms with E-state index in [4.69, 9.17) is 0 Å². The number of hydrogen-bond acceptors (Lipinski definition) is 5. The zero-order chi connectivity index (χ0) is 19.3. The summed E-state index contributed by atoms with van der Waals surface area (Å²) in [6, 6.07) is 10.0. The van der Waals surface area contributed by atoms with Gasteiger partial charge in [0.15, 0.2) is 0 Å². The molecular weight excluding hydrogens is 377 g/mol. The molecule has 4 rings (SSSR count). The van der Waals surface area contributed by atoms with Crippen molar-refractivity contribution >= 4 is 17.2 Å². The molecule has 0 bridgehead atoms.